The van der Waals surface area contributed by atoms with E-state index in [0.29, 0.717) is 10.6 Å². The normalized spacial score (nSPS) is 19.5. The van der Waals surface area contributed by atoms with Gasteiger partial charge in [0.2, 0.25) is 0 Å². The second-order valence-corrected chi connectivity index (χ2v) is 9.41. The van der Waals surface area contributed by atoms with E-state index < -0.39 is 0 Å². The highest BCUT2D eigenvalue weighted by Gasteiger charge is 2.34. The fourth-order valence-electron chi connectivity index (χ4n) is 3.99. The van der Waals surface area contributed by atoms with Crippen LogP contribution in [0.1, 0.15) is 31.4 Å². The Hall–Kier alpha value is -2.00. The van der Waals surface area contributed by atoms with Gasteiger partial charge in [0.15, 0.2) is 7.28 Å². The van der Waals surface area contributed by atoms with E-state index >= 15 is 0 Å². The van der Waals surface area contributed by atoms with E-state index in [9.17, 15) is 0 Å². The molecule has 0 amide bonds. The van der Waals surface area contributed by atoms with Gasteiger partial charge in [0, 0.05) is 31.3 Å². The predicted octanol–water partition coefficient (Wildman–Crippen LogP) is 4.33. The Morgan fingerprint density at radius 1 is 1.26 bits per heavy atom. The van der Waals surface area contributed by atoms with Gasteiger partial charge in [0.1, 0.15) is 5.75 Å². The summed E-state index contributed by atoms with van der Waals surface area (Å²) < 4.78 is 10.3. The molecule has 2 fully saturated rings. The van der Waals surface area contributed by atoms with Crippen LogP contribution in [-0.2, 0) is 11.2 Å². The van der Waals surface area contributed by atoms with E-state index in [4.69, 9.17) is 26.3 Å². The first-order valence-corrected chi connectivity index (χ1v) is 11.3. The van der Waals surface area contributed by atoms with Gasteiger partial charge in [-0.3, -0.25) is 0 Å². The summed E-state index contributed by atoms with van der Waals surface area (Å²) in [5, 5.41) is 9.77. The van der Waals surface area contributed by atoms with Crippen molar-refractivity contribution in [1.82, 2.24) is 4.90 Å². The summed E-state index contributed by atoms with van der Waals surface area (Å²) in [6.07, 6.45) is 2.28. The topological polar surface area (TPSA) is 45.5 Å². The zero-order valence-electron chi connectivity index (χ0n) is 18.7. The number of rotatable bonds is 6. The van der Waals surface area contributed by atoms with Crippen molar-refractivity contribution in [3.05, 3.63) is 58.6 Å². The molecular weight excluding hydrogens is 407 g/mol. The molecule has 1 unspecified atom stereocenters. The molecule has 2 aromatic carbocycles. The van der Waals surface area contributed by atoms with Crippen LogP contribution in [0.25, 0.3) is 0 Å². The summed E-state index contributed by atoms with van der Waals surface area (Å²) in [6, 6.07) is 15.9. The molecule has 2 aliphatic rings. The lowest BCUT2D eigenvalue weighted by molar-refractivity contribution is -0.0109. The number of nitriles is 1. The van der Waals surface area contributed by atoms with Crippen LogP contribution in [0.3, 0.4) is 0 Å². The second kappa shape index (κ2) is 11.0. The maximum Gasteiger partial charge on any atom is 0.164 e. The van der Waals surface area contributed by atoms with Gasteiger partial charge in [-0.2, -0.15) is 5.26 Å². The third-order valence-electron chi connectivity index (χ3n) is 5.81. The van der Waals surface area contributed by atoms with Gasteiger partial charge in [-0.05, 0) is 66.5 Å². The molecule has 0 N–H and O–H groups in total. The van der Waals surface area contributed by atoms with Crippen molar-refractivity contribution in [2.75, 3.05) is 40.0 Å². The van der Waals surface area contributed by atoms with Crippen molar-refractivity contribution < 1.29 is 9.47 Å². The van der Waals surface area contributed by atoms with Crippen LogP contribution < -0.4 is 10.2 Å². The van der Waals surface area contributed by atoms with E-state index in [1.54, 1.807) is 13.2 Å². The van der Waals surface area contributed by atoms with Crippen LogP contribution in [0.4, 0.5) is 0 Å². The fourth-order valence-corrected chi connectivity index (χ4v) is 4.24. The zero-order valence-corrected chi connectivity index (χ0v) is 19.5. The molecular formula is C25H31BClN2O2. The Balaban J connectivity index is 0.000000179. The van der Waals surface area contributed by atoms with Crippen LogP contribution >= 0.6 is 11.6 Å². The number of hydrogen-bond acceptors (Lipinski definition) is 4. The van der Waals surface area contributed by atoms with Crippen molar-refractivity contribution in [3.63, 3.8) is 0 Å². The summed E-state index contributed by atoms with van der Waals surface area (Å²) in [5.41, 5.74) is 3.05. The Morgan fingerprint density at radius 3 is 2.55 bits per heavy atom. The third kappa shape index (κ3) is 7.28. The molecule has 2 aliphatic heterocycles. The largest absolute Gasteiger partial charge is 0.497 e. The van der Waals surface area contributed by atoms with Gasteiger partial charge in [-0.15, -0.1) is 0 Å². The van der Waals surface area contributed by atoms with E-state index in [1.165, 1.54) is 25.0 Å². The molecule has 31 heavy (non-hydrogen) atoms. The van der Waals surface area contributed by atoms with Crippen LogP contribution in [0.2, 0.25) is 10.3 Å². The maximum atomic E-state index is 8.88. The van der Waals surface area contributed by atoms with Crippen molar-refractivity contribution in [2.45, 2.75) is 32.0 Å². The van der Waals surface area contributed by atoms with Crippen LogP contribution in [0.5, 0.6) is 5.75 Å². The number of halogens is 1. The first-order chi connectivity index (χ1) is 14.9. The molecule has 6 heteroatoms. The molecule has 2 heterocycles. The molecule has 0 spiro atoms. The summed E-state index contributed by atoms with van der Waals surface area (Å²) in [6.45, 7) is 9.64. The predicted molar refractivity (Wildman–Crippen MR) is 128 cm³/mol. The molecule has 4 nitrogen and oxygen atoms in total. The number of hydrogen-bond donors (Lipinski definition) is 0. The highest BCUT2D eigenvalue weighted by atomic mass is 35.5. The van der Waals surface area contributed by atoms with E-state index in [0.717, 1.165) is 43.4 Å². The molecule has 2 saturated heterocycles. The van der Waals surface area contributed by atoms with E-state index in [-0.39, 0.29) is 5.31 Å². The maximum absolute atomic E-state index is 8.88. The Labute approximate surface area is 192 Å². The van der Waals surface area contributed by atoms with Gasteiger partial charge < -0.3 is 14.4 Å². The summed E-state index contributed by atoms with van der Waals surface area (Å²) >= 11 is 5.98. The highest BCUT2D eigenvalue weighted by Crippen LogP contribution is 2.32. The van der Waals surface area contributed by atoms with Gasteiger partial charge >= 0.3 is 0 Å². The van der Waals surface area contributed by atoms with Crippen molar-refractivity contribution in [3.8, 4) is 11.8 Å². The van der Waals surface area contributed by atoms with Gasteiger partial charge in [-0.1, -0.05) is 43.0 Å². The Morgan fingerprint density at radius 2 is 2.00 bits per heavy atom. The molecule has 1 atom stereocenters. The molecule has 0 aliphatic carbocycles. The monoisotopic (exact) mass is 437 g/mol. The average molecular weight is 438 g/mol. The lowest BCUT2D eigenvalue weighted by atomic mass is 9.48. The SMILES string of the molecule is CC1CCN(CCc2cc(Cl)cc(C#N)c2)C1.COc1ccc([B]C2(C)COC2)cc1. The number of benzene rings is 2. The van der Waals surface area contributed by atoms with Gasteiger partial charge in [0.05, 0.1) is 18.7 Å². The quantitative estimate of drug-likeness (QED) is 0.631. The number of likely N-dealkylation sites (tertiary alicyclic amines) is 1. The van der Waals surface area contributed by atoms with Crippen LogP contribution in [-0.4, -0.2) is 52.1 Å². The molecule has 4 rings (SSSR count). The van der Waals surface area contributed by atoms with Gasteiger partial charge in [0.25, 0.3) is 0 Å². The molecule has 1 radical (unpaired) electrons. The fraction of sp³-hybridized carbons (Fsp3) is 0.480. The minimum Gasteiger partial charge on any atom is -0.497 e. The zero-order chi connectivity index (χ0) is 22.3. The van der Waals surface area contributed by atoms with E-state index in [2.05, 4.69) is 44.2 Å². The van der Waals surface area contributed by atoms with Crippen molar-refractivity contribution in [1.29, 1.82) is 5.26 Å². The summed E-state index contributed by atoms with van der Waals surface area (Å²) in [5.74, 6) is 1.72. The molecule has 2 aromatic rings. The van der Waals surface area contributed by atoms with Crippen molar-refractivity contribution in [2.24, 2.45) is 5.92 Å². The van der Waals surface area contributed by atoms with Crippen LogP contribution in [0, 0.1) is 17.2 Å². The molecule has 0 aromatic heterocycles. The minimum atomic E-state index is 0.231. The summed E-state index contributed by atoms with van der Waals surface area (Å²) in [7, 11) is 3.94. The Kier molecular flexibility index (Phi) is 8.43. The minimum absolute atomic E-state index is 0.231. The van der Waals surface area contributed by atoms with E-state index in [1.807, 2.05) is 24.3 Å². The Bertz CT molecular complexity index is 893. The second-order valence-electron chi connectivity index (χ2n) is 8.97. The molecule has 0 saturated carbocycles. The summed E-state index contributed by atoms with van der Waals surface area (Å²) in [4.78, 5) is 2.48. The average Bonchev–Trinajstić information content (AvgIpc) is 3.17. The lowest BCUT2D eigenvalue weighted by Crippen LogP contribution is -2.42. The first kappa shape index (κ1) is 23.7. The third-order valence-corrected chi connectivity index (χ3v) is 6.02. The van der Waals surface area contributed by atoms with Crippen molar-refractivity contribution >= 4 is 24.3 Å². The van der Waals surface area contributed by atoms with Crippen LogP contribution in [0.15, 0.2) is 42.5 Å². The van der Waals surface area contributed by atoms with Gasteiger partial charge in [-0.25, -0.2) is 0 Å². The molecule has 163 valence electrons. The number of nitrogens with zero attached hydrogens (tertiary/aromatic N) is 2. The standard InChI is InChI=1S/C14H17ClN2.C11H14BO2/c1-11-2-4-17(10-11)5-3-12-6-13(9-16)8-14(15)7-12;1-11(7-14-8-11)12-9-3-5-10(13-2)6-4-9/h6-8,11H,2-5,10H2,1H3;3-6H,7-8H2,1-2H3. The highest BCUT2D eigenvalue weighted by molar-refractivity contribution is 6.57. The number of ether oxygens (including phenoxy) is 2. The smallest absolute Gasteiger partial charge is 0.164 e. The molecule has 0 bridgehead atoms. The first-order valence-electron chi connectivity index (χ1n) is 10.9. The lowest BCUT2D eigenvalue weighted by Gasteiger charge is -2.37. The number of methoxy groups -OCH3 is 1.